The maximum Gasteiger partial charge on any atom is 0.329 e. The highest BCUT2D eigenvalue weighted by molar-refractivity contribution is 6.35. The summed E-state index contributed by atoms with van der Waals surface area (Å²) in [6.07, 6.45) is 3.07. The maximum atomic E-state index is 12.1. The Labute approximate surface area is 190 Å². The van der Waals surface area contributed by atoms with Crippen molar-refractivity contribution >= 4 is 41.2 Å². The molecule has 0 aromatic heterocycles. The molecule has 1 aliphatic rings. The third-order valence-corrected chi connectivity index (χ3v) is 4.75. The van der Waals surface area contributed by atoms with Crippen LogP contribution in [-0.4, -0.2) is 49.8 Å². The average molecular weight is 459 g/mol. The van der Waals surface area contributed by atoms with Gasteiger partial charge in [-0.3, -0.25) is 14.4 Å². The van der Waals surface area contributed by atoms with Crippen LogP contribution in [0.3, 0.4) is 0 Å². The fourth-order valence-electron chi connectivity index (χ4n) is 2.90. The van der Waals surface area contributed by atoms with Crippen molar-refractivity contribution in [1.29, 1.82) is 0 Å². The summed E-state index contributed by atoms with van der Waals surface area (Å²) >= 11 is 5.82. The van der Waals surface area contributed by atoms with Crippen LogP contribution in [0.5, 0.6) is 5.75 Å². The molecule has 0 unspecified atom stereocenters. The second-order valence-corrected chi connectivity index (χ2v) is 7.36. The van der Waals surface area contributed by atoms with Gasteiger partial charge >= 0.3 is 11.8 Å². The molecular formula is C22H23ClN4O5. The minimum Gasteiger partial charge on any atom is -0.483 e. The Bertz CT molecular complexity index is 975. The summed E-state index contributed by atoms with van der Waals surface area (Å²) in [6, 6.07) is 13.5. The molecule has 0 spiro atoms. The number of nitrogens with one attached hydrogen (secondary N) is 3. The van der Waals surface area contributed by atoms with Crippen LogP contribution in [0.1, 0.15) is 18.4 Å². The summed E-state index contributed by atoms with van der Waals surface area (Å²) in [5.74, 6) is -1.64. The maximum absolute atomic E-state index is 12.1. The van der Waals surface area contributed by atoms with Crippen LogP contribution in [-0.2, 0) is 19.1 Å². The summed E-state index contributed by atoms with van der Waals surface area (Å²) in [4.78, 5) is 35.8. The quantitative estimate of drug-likeness (QED) is 0.318. The highest BCUT2D eigenvalue weighted by Gasteiger charge is 2.19. The van der Waals surface area contributed by atoms with Gasteiger partial charge in [0.15, 0.2) is 6.61 Å². The topological polar surface area (TPSA) is 118 Å². The highest BCUT2D eigenvalue weighted by Crippen LogP contribution is 2.17. The van der Waals surface area contributed by atoms with Crippen LogP contribution < -0.4 is 20.8 Å². The second-order valence-electron chi connectivity index (χ2n) is 6.93. The van der Waals surface area contributed by atoms with Gasteiger partial charge in [-0.2, -0.15) is 5.10 Å². The Morgan fingerprint density at radius 2 is 1.91 bits per heavy atom. The molecule has 3 N–H and O–H groups in total. The smallest absolute Gasteiger partial charge is 0.329 e. The number of halogens is 1. The SMILES string of the molecule is O=C(COc1ccccc1/C=N\NC(=O)C(=O)NC[C@@H]1CCCO1)Nc1ccc(Cl)cc1. The molecule has 0 bridgehead atoms. The number of hydrogen-bond donors (Lipinski definition) is 3. The third kappa shape index (κ3) is 7.36. The Balaban J connectivity index is 1.46. The Morgan fingerprint density at radius 1 is 1.12 bits per heavy atom. The summed E-state index contributed by atoms with van der Waals surface area (Å²) < 4.78 is 10.9. The standard InChI is InChI=1S/C22H23ClN4O5/c23-16-7-9-17(10-8-16)26-20(28)14-32-19-6-2-1-4-15(19)12-25-27-22(30)21(29)24-13-18-5-3-11-31-18/h1-2,4,6-10,12,18H,3,5,11,13-14H2,(H,24,29)(H,26,28)(H,27,30)/b25-12-/t18-/m0/s1. The van der Waals surface area contributed by atoms with Crippen molar-refractivity contribution in [2.45, 2.75) is 18.9 Å². The van der Waals surface area contributed by atoms with Gasteiger partial charge in [-0.1, -0.05) is 23.7 Å². The van der Waals surface area contributed by atoms with E-state index < -0.39 is 11.8 Å². The number of para-hydroxylation sites is 1. The zero-order chi connectivity index (χ0) is 22.8. The minimum absolute atomic E-state index is 0.0591. The van der Waals surface area contributed by atoms with Crippen molar-refractivity contribution in [3.05, 3.63) is 59.1 Å². The normalized spacial score (nSPS) is 15.3. The number of anilines is 1. The molecule has 0 aliphatic carbocycles. The number of carbonyl (C=O) groups is 3. The first kappa shape index (κ1) is 23.2. The number of amides is 3. The number of benzene rings is 2. The molecule has 2 aromatic rings. The predicted molar refractivity (Wildman–Crippen MR) is 120 cm³/mol. The van der Waals surface area contributed by atoms with Gasteiger partial charge in [0.1, 0.15) is 5.75 Å². The van der Waals surface area contributed by atoms with E-state index in [9.17, 15) is 14.4 Å². The average Bonchev–Trinajstić information content (AvgIpc) is 3.32. The van der Waals surface area contributed by atoms with Crippen molar-refractivity contribution < 1.29 is 23.9 Å². The van der Waals surface area contributed by atoms with Crippen molar-refractivity contribution in [2.75, 3.05) is 25.1 Å². The molecule has 1 heterocycles. The first-order valence-electron chi connectivity index (χ1n) is 10.0. The number of hydrogen-bond acceptors (Lipinski definition) is 6. The zero-order valence-electron chi connectivity index (χ0n) is 17.2. The van der Waals surface area contributed by atoms with Crippen LogP contribution >= 0.6 is 11.6 Å². The lowest BCUT2D eigenvalue weighted by atomic mass is 10.2. The fraction of sp³-hybridized carbons (Fsp3) is 0.273. The molecule has 1 atom stereocenters. The Kier molecular flexibility index (Phi) is 8.59. The highest BCUT2D eigenvalue weighted by atomic mass is 35.5. The summed E-state index contributed by atoms with van der Waals surface area (Å²) in [5, 5.41) is 9.57. The van der Waals surface area contributed by atoms with Gasteiger partial charge in [-0.25, -0.2) is 5.43 Å². The van der Waals surface area contributed by atoms with Crippen LogP contribution in [0, 0.1) is 0 Å². The molecule has 0 radical (unpaired) electrons. The van der Waals surface area contributed by atoms with E-state index in [0.29, 0.717) is 28.6 Å². The van der Waals surface area contributed by atoms with Crippen molar-refractivity contribution in [3.8, 4) is 5.75 Å². The molecule has 168 valence electrons. The van der Waals surface area contributed by atoms with E-state index >= 15 is 0 Å². The van der Waals surface area contributed by atoms with E-state index in [1.807, 2.05) is 0 Å². The van der Waals surface area contributed by atoms with Crippen LogP contribution in [0.25, 0.3) is 0 Å². The molecule has 9 nitrogen and oxygen atoms in total. The van der Waals surface area contributed by atoms with Crippen LogP contribution in [0.4, 0.5) is 5.69 Å². The van der Waals surface area contributed by atoms with Gasteiger partial charge in [0.25, 0.3) is 5.91 Å². The van der Waals surface area contributed by atoms with Crippen molar-refractivity contribution in [2.24, 2.45) is 5.10 Å². The van der Waals surface area contributed by atoms with Gasteiger partial charge in [0, 0.05) is 29.4 Å². The molecule has 2 aromatic carbocycles. The molecule has 1 fully saturated rings. The van der Waals surface area contributed by atoms with Crippen LogP contribution in [0.15, 0.2) is 53.6 Å². The molecule has 3 rings (SSSR count). The van der Waals surface area contributed by atoms with Crippen molar-refractivity contribution in [3.63, 3.8) is 0 Å². The number of carbonyl (C=O) groups excluding carboxylic acids is 3. The minimum atomic E-state index is -0.889. The molecule has 3 amide bonds. The predicted octanol–water partition coefficient (Wildman–Crippen LogP) is 2.10. The van der Waals surface area contributed by atoms with Crippen LogP contribution in [0.2, 0.25) is 5.02 Å². The largest absolute Gasteiger partial charge is 0.483 e. The second kappa shape index (κ2) is 11.8. The van der Waals surface area contributed by atoms with Gasteiger partial charge < -0.3 is 20.1 Å². The van der Waals surface area contributed by atoms with E-state index in [2.05, 4.69) is 21.2 Å². The van der Waals surface area contributed by atoms with E-state index in [1.54, 1.807) is 48.5 Å². The first-order valence-corrected chi connectivity index (χ1v) is 10.4. The van der Waals surface area contributed by atoms with E-state index in [1.165, 1.54) is 6.21 Å². The monoisotopic (exact) mass is 458 g/mol. The van der Waals surface area contributed by atoms with Gasteiger partial charge in [0.05, 0.1) is 12.3 Å². The third-order valence-electron chi connectivity index (χ3n) is 4.50. The van der Waals surface area contributed by atoms with E-state index in [0.717, 1.165) is 12.8 Å². The van der Waals surface area contributed by atoms with E-state index in [-0.39, 0.29) is 25.2 Å². The molecule has 1 saturated heterocycles. The Hall–Kier alpha value is -3.43. The van der Waals surface area contributed by atoms with Crippen molar-refractivity contribution in [1.82, 2.24) is 10.7 Å². The lowest BCUT2D eigenvalue weighted by molar-refractivity contribution is -0.139. The number of rotatable bonds is 8. The summed E-state index contributed by atoms with van der Waals surface area (Å²) in [7, 11) is 0. The Morgan fingerprint density at radius 3 is 2.66 bits per heavy atom. The lowest BCUT2D eigenvalue weighted by Crippen LogP contribution is -2.41. The fourth-order valence-corrected chi connectivity index (χ4v) is 3.02. The molecule has 1 aliphatic heterocycles. The summed E-state index contributed by atoms with van der Waals surface area (Å²) in [5.41, 5.74) is 3.28. The summed E-state index contributed by atoms with van der Waals surface area (Å²) in [6.45, 7) is 0.720. The first-order chi connectivity index (χ1) is 15.5. The zero-order valence-corrected chi connectivity index (χ0v) is 17.9. The number of nitrogens with zero attached hydrogens (tertiary/aromatic N) is 1. The van der Waals surface area contributed by atoms with Gasteiger partial charge in [-0.15, -0.1) is 0 Å². The number of hydrazone groups is 1. The molecule has 32 heavy (non-hydrogen) atoms. The van der Waals surface area contributed by atoms with E-state index in [4.69, 9.17) is 21.1 Å². The van der Waals surface area contributed by atoms with Gasteiger partial charge in [-0.05, 0) is 49.2 Å². The lowest BCUT2D eigenvalue weighted by Gasteiger charge is -2.10. The number of ether oxygens (including phenoxy) is 2. The van der Waals surface area contributed by atoms with Gasteiger partial charge in [0.2, 0.25) is 0 Å². The molecular weight excluding hydrogens is 436 g/mol. The molecule has 0 saturated carbocycles. The molecule has 10 heteroatoms.